The number of hydrogen-bond donors (Lipinski definition) is 0. The molecule has 1 heterocycles. The van der Waals surface area contributed by atoms with Crippen molar-refractivity contribution in [1.82, 2.24) is 9.80 Å². The molecule has 0 radical (unpaired) electrons. The van der Waals surface area contributed by atoms with Crippen molar-refractivity contribution in [3.8, 4) is 0 Å². The Hall–Kier alpha value is -1.02. The molecule has 1 fully saturated rings. The summed E-state index contributed by atoms with van der Waals surface area (Å²) in [6, 6.07) is 0. The van der Waals surface area contributed by atoms with Gasteiger partial charge in [-0.3, -0.25) is 4.79 Å². The largest absolute Gasteiger partial charge is 0.465 e. The minimum atomic E-state index is -0.278. The second-order valence-corrected chi connectivity index (χ2v) is 6.41. The summed E-state index contributed by atoms with van der Waals surface area (Å²) in [6.45, 7) is 7.19. The molecule has 1 aliphatic rings. The highest BCUT2D eigenvalue weighted by Gasteiger charge is 2.23. The Morgan fingerprint density at radius 1 is 1.09 bits per heavy atom. The standard InChI is InChI=1S/C14H24N2O4S2/c1-3-5-10-20-12(17)11-22-14(21)16-8-6-15(7-9-16)13(18)19-4-2/h3-11H2,1-2H3. The molecular weight excluding hydrogens is 324 g/mol. The van der Waals surface area contributed by atoms with Crippen LogP contribution in [0.5, 0.6) is 0 Å². The highest BCUT2D eigenvalue weighted by molar-refractivity contribution is 8.23. The number of unbranched alkanes of at least 4 members (excludes halogenated alkanes) is 1. The zero-order chi connectivity index (χ0) is 16.4. The van der Waals surface area contributed by atoms with Crippen LogP contribution in [0.1, 0.15) is 26.7 Å². The van der Waals surface area contributed by atoms with E-state index in [0.717, 1.165) is 12.8 Å². The Labute approximate surface area is 141 Å². The zero-order valence-corrected chi connectivity index (χ0v) is 14.8. The number of thioether (sulfide) groups is 1. The maximum Gasteiger partial charge on any atom is 0.409 e. The third kappa shape index (κ3) is 6.83. The molecule has 0 atom stereocenters. The van der Waals surface area contributed by atoms with Crippen LogP contribution in [0.3, 0.4) is 0 Å². The summed E-state index contributed by atoms with van der Waals surface area (Å²) in [5.74, 6) is 0.00615. The third-order valence-corrected chi connectivity index (χ3v) is 4.64. The van der Waals surface area contributed by atoms with E-state index >= 15 is 0 Å². The fourth-order valence-corrected chi connectivity index (χ4v) is 2.92. The number of piperazine rings is 1. The first-order valence-corrected chi connectivity index (χ1v) is 8.96. The number of carbonyl (C=O) groups is 2. The minimum Gasteiger partial charge on any atom is -0.465 e. The van der Waals surface area contributed by atoms with Crippen LogP contribution < -0.4 is 0 Å². The van der Waals surface area contributed by atoms with Gasteiger partial charge in [0.05, 0.1) is 19.0 Å². The smallest absolute Gasteiger partial charge is 0.409 e. The predicted octanol–water partition coefficient (Wildman–Crippen LogP) is 2.12. The number of hydrogen-bond acceptors (Lipinski definition) is 6. The maximum atomic E-state index is 11.6. The Bertz CT molecular complexity index is 385. The zero-order valence-electron chi connectivity index (χ0n) is 13.2. The molecule has 0 aliphatic carbocycles. The molecular formula is C14H24N2O4S2. The number of nitrogens with zero attached hydrogens (tertiary/aromatic N) is 2. The number of rotatable bonds is 6. The normalized spacial score (nSPS) is 14.6. The molecule has 126 valence electrons. The van der Waals surface area contributed by atoms with Crippen molar-refractivity contribution in [3.05, 3.63) is 0 Å². The van der Waals surface area contributed by atoms with Gasteiger partial charge in [0.2, 0.25) is 0 Å². The highest BCUT2D eigenvalue weighted by atomic mass is 32.2. The van der Waals surface area contributed by atoms with Crippen molar-refractivity contribution >= 4 is 40.4 Å². The van der Waals surface area contributed by atoms with Crippen LogP contribution in [-0.2, 0) is 14.3 Å². The Morgan fingerprint density at radius 2 is 1.73 bits per heavy atom. The van der Waals surface area contributed by atoms with Crippen LogP contribution in [0, 0.1) is 0 Å². The molecule has 1 rings (SSSR count). The quantitative estimate of drug-likeness (QED) is 0.414. The first-order chi connectivity index (χ1) is 10.6. The van der Waals surface area contributed by atoms with Crippen molar-refractivity contribution in [2.45, 2.75) is 26.7 Å². The lowest BCUT2D eigenvalue weighted by Gasteiger charge is -2.35. The molecule has 0 unspecified atom stereocenters. The molecule has 0 aromatic rings. The lowest BCUT2D eigenvalue weighted by atomic mass is 10.3. The van der Waals surface area contributed by atoms with Crippen LogP contribution in [0.25, 0.3) is 0 Å². The summed E-state index contributed by atoms with van der Waals surface area (Å²) in [7, 11) is 0. The van der Waals surface area contributed by atoms with E-state index in [9.17, 15) is 9.59 Å². The molecule has 1 aliphatic heterocycles. The second-order valence-electron chi connectivity index (χ2n) is 4.80. The summed E-state index contributed by atoms with van der Waals surface area (Å²) in [5.41, 5.74) is 0. The first kappa shape index (κ1) is 19.0. The molecule has 0 saturated carbocycles. The molecule has 6 nitrogen and oxygen atoms in total. The van der Waals surface area contributed by atoms with Crippen LogP contribution in [0.2, 0.25) is 0 Å². The number of thiocarbonyl (C=S) groups is 1. The van der Waals surface area contributed by atoms with Gasteiger partial charge >= 0.3 is 12.1 Å². The molecule has 0 bridgehead atoms. The molecule has 1 amide bonds. The predicted molar refractivity (Wildman–Crippen MR) is 91.1 cm³/mol. The van der Waals surface area contributed by atoms with Crippen molar-refractivity contribution in [1.29, 1.82) is 0 Å². The van der Waals surface area contributed by atoms with Gasteiger partial charge in [-0.1, -0.05) is 37.3 Å². The van der Waals surface area contributed by atoms with Crippen molar-refractivity contribution in [2.75, 3.05) is 45.1 Å². The van der Waals surface area contributed by atoms with E-state index in [-0.39, 0.29) is 17.8 Å². The van der Waals surface area contributed by atoms with E-state index in [2.05, 4.69) is 0 Å². The monoisotopic (exact) mass is 348 g/mol. The SMILES string of the molecule is CCCCOC(=O)CSC(=S)N1CCN(C(=O)OCC)CC1. The van der Waals surface area contributed by atoms with E-state index in [1.807, 2.05) is 11.8 Å². The lowest BCUT2D eigenvalue weighted by Crippen LogP contribution is -2.49. The number of ether oxygens (including phenoxy) is 2. The average molecular weight is 348 g/mol. The van der Waals surface area contributed by atoms with Gasteiger partial charge in [-0.15, -0.1) is 0 Å². The molecule has 0 aromatic heterocycles. The van der Waals surface area contributed by atoms with E-state index in [1.165, 1.54) is 11.8 Å². The molecule has 8 heteroatoms. The summed E-state index contributed by atoms with van der Waals surface area (Å²) in [5, 5.41) is 0. The Balaban J connectivity index is 2.22. The van der Waals surface area contributed by atoms with Crippen LogP contribution in [0.15, 0.2) is 0 Å². The molecule has 0 spiro atoms. The van der Waals surface area contributed by atoms with Gasteiger partial charge in [-0.25, -0.2) is 4.79 Å². The van der Waals surface area contributed by atoms with Gasteiger partial charge in [0, 0.05) is 26.2 Å². The minimum absolute atomic E-state index is 0.231. The van der Waals surface area contributed by atoms with Crippen molar-refractivity contribution < 1.29 is 19.1 Å². The highest BCUT2D eigenvalue weighted by Crippen LogP contribution is 2.13. The first-order valence-electron chi connectivity index (χ1n) is 7.57. The van der Waals surface area contributed by atoms with E-state index in [4.69, 9.17) is 21.7 Å². The van der Waals surface area contributed by atoms with Gasteiger partial charge < -0.3 is 19.3 Å². The van der Waals surface area contributed by atoms with Crippen molar-refractivity contribution in [2.24, 2.45) is 0 Å². The summed E-state index contributed by atoms with van der Waals surface area (Å²) < 4.78 is 10.7. The van der Waals surface area contributed by atoms with E-state index in [1.54, 1.807) is 11.8 Å². The van der Waals surface area contributed by atoms with E-state index < -0.39 is 0 Å². The van der Waals surface area contributed by atoms with Gasteiger partial charge in [0.15, 0.2) is 0 Å². The number of amides is 1. The summed E-state index contributed by atoms with van der Waals surface area (Å²) >= 11 is 6.65. The van der Waals surface area contributed by atoms with Crippen LogP contribution >= 0.6 is 24.0 Å². The summed E-state index contributed by atoms with van der Waals surface area (Å²) in [6.07, 6.45) is 1.61. The fraction of sp³-hybridized carbons (Fsp3) is 0.786. The second kappa shape index (κ2) is 10.7. The lowest BCUT2D eigenvalue weighted by molar-refractivity contribution is -0.140. The molecule has 1 saturated heterocycles. The topological polar surface area (TPSA) is 59.1 Å². The molecule has 0 N–H and O–H groups in total. The maximum absolute atomic E-state index is 11.6. The van der Waals surface area contributed by atoms with Gasteiger partial charge in [0.1, 0.15) is 4.32 Å². The molecule has 0 aromatic carbocycles. The Kier molecular flexibility index (Phi) is 9.22. The van der Waals surface area contributed by atoms with Gasteiger partial charge in [-0.05, 0) is 13.3 Å². The van der Waals surface area contributed by atoms with Gasteiger partial charge in [0.25, 0.3) is 0 Å². The third-order valence-electron chi connectivity index (χ3n) is 3.14. The average Bonchev–Trinajstić information content (AvgIpc) is 2.53. The van der Waals surface area contributed by atoms with Gasteiger partial charge in [-0.2, -0.15) is 0 Å². The van der Waals surface area contributed by atoms with Crippen LogP contribution in [0.4, 0.5) is 4.79 Å². The van der Waals surface area contributed by atoms with E-state index in [0.29, 0.717) is 43.7 Å². The number of esters is 1. The number of carbonyl (C=O) groups excluding carboxylic acids is 2. The summed E-state index contributed by atoms with van der Waals surface area (Å²) in [4.78, 5) is 26.8. The van der Waals surface area contributed by atoms with Crippen LogP contribution in [-0.4, -0.2) is 71.3 Å². The Morgan fingerprint density at radius 3 is 2.32 bits per heavy atom. The van der Waals surface area contributed by atoms with Crippen molar-refractivity contribution in [3.63, 3.8) is 0 Å². The fourth-order valence-electron chi connectivity index (χ4n) is 1.87. The molecule has 22 heavy (non-hydrogen) atoms.